The van der Waals surface area contributed by atoms with E-state index in [1.165, 1.54) is 12.1 Å². The summed E-state index contributed by atoms with van der Waals surface area (Å²) < 4.78 is 66.0. The minimum Gasteiger partial charge on any atom is -0.295 e. The van der Waals surface area contributed by atoms with Crippen molar-refractivity contribution in [3.8, 4) is 0 Å². The van der Waals surface area contributed by atoms with Crippen LogP contribution in [-0.4, -0.2) is 43.0 Å². The first-order valence-corrected chi connectivity index (χ1v) is 10.9. The van der Waals surface area contributed by atoms with Gasteiger partial charge in [0.25, 0.3) is 21.8 Å². The maximum atomic E-state index is 12.9. The number of amides is 4. The van der Waals surface area contributed by atoms with Gasteiger partial charge in [0.15, 0.2) is 0 Å². The number of hydrogen-bond acceptors (Lipinski definition) is 6. The Kier molecular flexibility index (Phi) is 5.23. The highest BCUT2D eigenvalue weighted by molar-refractivity contribution is 7.92. The highest BCUT2D eigenvalue weighted by Crippen LogP contribution is 2.32. The fourth-order valence-corrected chi connectivity index (χ4v) is 4.68. The lowest BCUT2D eigenvalue weighted by atomic mass is 10.0. The van der Waals surface area contributed by atoms with E-state index in [9.17, 15) is 40.8 Å². The Hall–Kier alpha value is -3.74. The van der Waals surface area contributed by atoms with E-state index in [-0.39, 0.29) is 29.7 Å². The number of piperidine rings is 1. The van der Waals surface area contributed by atoms with Crippen LogP contribution in [0.4, 0.5) is 18.9 Å². The number of anilines is 1. The van der Waals surface area contributed by atoms with E-state index in [1.807, 2.05) is 0 Å². The van der Waals surface area contributed by atoms with E-state index in [0.29, 0.717) is 11.0 Å². The molecule has 0 spiro atoms. The van der Waals surface area contributed by atoms with Gasteiger partial charge in [0.1, 0.15) is 6.04 Å². The second-order valence-electron chi connectivity index (χ2n) is 7.34. The highest BCUT2D eigenvalue weighted by Gasteiger charge is 2.44. The molecule has 9 nitrogen and oxygen atoms in total. The van der Waals surface area contributed by atoms with Crippen molar-refractivity contribution in [3.63, 3.8) is 0 Å². The van der Waals surface area contributed by atoms with Gasteiger partial charge in [-0.2, -0.15) is 13.2 Å². The molecule has 2 aromatic rings. The van der Waals surface area contributed by atoms with Crippen molar-refractivity contribution < 1.29 is 40.8 Å². The lowest BCUT2D eigenvalue weighted by molar-refractivity contribution is -0.138. The van der Waals surface area contributed by atoms with Gasteiger partial charge in [-0.3, -0.25) is 34.1 Å². The minimum absolute atomic E-state index is 0.0504. The average Bonchev–Trinajstić information content (AvgIpc) is 2.97. The number of alkyl halides is 3. The molecule has 0 saturated carbocycles. The third kappa shape index (κ3) is 4.06. The fraction of sp³-hybridized carbons (Fsp3) is 0.200. The summed E-state index contributed by atoms with van der Waals surface area (Å²) in [6.07, 6.45) is -4.86. The third-order valence-electron chi connectivity index (χ3n) is 5.16. The van der Waals surface area contributed by atoms with E-state index >= 15 is 0 Å². The molecule has 2 N–H and O–H groups in total. The van der Waals surface area contributed by atoms with E-state index < -0.39 is 56.3 Å². The van der Waals surface area contributed by atoms with E-state index in [4.69, 9.17) is 0 Å². The summed E-state index contributed by atoms with van der Waals surface area (Å²) in [6.45, 7) is 0. The van der Waals surface area contributed by atoms with Gasteiger partial charge < -0.3 is 0 Å². The smallest absolute Gasteiger partial charge is 0.295 e. The molecule has 13 heteroatoms. The van der Waals surface area contributed by atoms with Crippen LogP contribution in [0, 0.1) is 0 Å². The Balaban J connectivity index is 1.61. The minimum atomic E-state index is -4.74. The average molecular weight is 481 g/mol. The van der Waals surface area contributed by atoms with Crippen molar-refractivity contribution >= 4 is 39.3 Å². The summed E-state index contributed by atoms with van der Waals surface area (Å²) in [5.41, 5.74) is -1.59. The number of sulfonamides is 1. The standard InChI is InChI=1S/C20H14F3N3O6S/c21-20(22,23)10-2-1-3-12(8-10)33(31,32)25-11-4-5-13-14(9-11)19(30)26(18(13)29)15-6-7-16(27)24-17(15)28/h1-5,8-9,15,25H,6-7H2,(H,24,27,28). The first kappa shape index (κ1) is 22.5. The van der Waals surface area contributed by atoms with Crippen molar-refractivity contribution in [1.29, 1.82) is 0 Å². The van der Waals surface area contributed by atoms with Crippen molar-refractivity contribution in [1.82, 2.24) is 10.2 Å². The van der Waals surface area contributed by atoms with Crippen LogP contribution in [0.3, 0.4) is 0 Å². The summed E-state index contributed by atoms with van der Waals surface area (Å²) in [6, 6.07) is 5.32. The van der Waals surface area contributed by atoms with E-state index in [0.717, 1.165) is 24.3 Å². The number of hydrogen-bond donors (Lipinski definition) is 2. The molecule has 2 aromatic carbocycles. The molecular weight excluding hydrogens is 467 g/mol. The van der Waals surface area contributed by atoms with Gasteiger partial charge in [0, 0.05) is 12.1 Å². The molecule has 4 rings (SSSR count). The second-order valence-corrected chi connectivity index (χ2v) is 9.02. The zero-order valence-corrected chi connectivity index (χ0v) is 17.3. The van der Waals surface area contributed by atoms with E-state index in [2.05, 4.69) is 10.0 Å². The summed E-state index contributed by atoms with van der Waals surface area (Å²) in [5.74, 6) is -2.97. The first-order chi connectivity index (χ1) is 15.4. The van der Waals surface area contributed by atoms with Crippen LogP contribution in [0.1, 0.15) is 39.1 Å². The normalized spacial score (nSPS) is 18.9. The molecule has 2 aliphatic heterocycles. The molecule has 4 amide bonds. The lowest BCUT2D eigenvalue weighted by Gasteiger charge is -2.27. The Morgan fingerprint density at radius 2 is 1.67 bits per heavy atom. The van der Waals surface area contributed by atoms with Crippen molar-refractivity contribution in [2.75, 3.05) is 4.72 Å². The predicted molar refractivity (Wildman–Crippen MR) is 105 cm³/mol. The van der Waals surface area contributed by atoms with Crippen LogP contribution in [0.25, 0.3) is 0 Å². The lowest BCUT2D eigenvalue weighted by Crippen LogP contribution is -2.54. The van der Waals surface area contributed by atoms with E-state index in [1.54, 1.807) is 0 Å². The molecule has 0 aromatic heterocycles. The van der Waals surface area contributed by atoms with Gasteiger partial charge in [-0.1, -0.05) is 6.07 Å². The number of carbonyl (C=O) groups is 4. The molecule has 1 unspecified atom stereocenters. The predicted octanol–water partition coefficient (Wildman–Crippen LogP) is 1.91. The summed E-state index contributed by atoms with van der Waals surface area (Å²) in [5, 5.41) is 2.05. The van der Waals surface area contributed by atoms with Gasteiger partial charge in [-0.15, -0.1) is 0 Å². The van der Waals surface area contributed by atoms with Crippen molar-refractivity contribution in [2.45, 2.75) is 30.0 Å². The van der Waals surface area contributed by atoms with Crippen LogP contribution >= 0.6 is 0 Å². The number of rotatable bonds is 4. The topological polar surface area (TPSA) is 130 Å². The van der Waals surface area contributed by atoms with Crippen LogP contribution in [-0.2, 0) is 25.8 Å². The SMILES string of the molecule is O=C1CCC(N2C(=O)c3ccc(NS(=O)(=O)c4cccc(C(F)(F)F)c4)cc3C2=O)C(=O)N1. The quantitative estimate of drug-likeness (QED) is 0.642. The monoisotopic (exact) mass is 481 g/mol. The van der Waals surface area contributed by atoms with Gasteiger partial charge in [0.05, 0.1) is 21.6 Å². The van der Waals surface area contributed by atoms with Crippen LogP contribution in [0.15, 0.2) is 47.4 Å². The summed E-state index contributed by atoms with van der Waals surface area (Å²) >= 11 is 0. The number of halogens is 3. The molecule has 0 radical (unpaired) electrons. The van der Waals surface area contributed by atoms with Gasteiger partial charge in [-0.25, -0.2) is 8.42 Å². The third-order valence-corrected chi connectivity index (χ3v) is 6.54. The number of nitrogens with zero attached hydrogens (tertiary/aromatic N) is 1. The van der Waals surface area contributed by atoms with Crippen LogP contribution in [0.2, 0.25) is 0 Å². The molecule has 172 valence electrons. The Morgan fingerprint density at radius 3 is 2.33 bits per heavy atom. The molecule has 2 aliphatic rings. The fourth-order valence-electron chi connectivity index (χ4n) is 3.59. The molecular formula is C20H14F3N3O6S. The van der Waals surface area contributed by atoms with Crippen molar-refractivity contribution in [2.24, 2.45) is 0 Å². The van der Waals surface area contributed by atoms with Crippen molar-refractivity contribution in [3.05, 3.63) is 59.2 Å². The van der Waals surface area contributed by atoms with Gasteiger partial charge in [-0.05, 0) is 42.8 Å². The molecule has 1 fully saturated rings. The van der Waals surface area contributed by atoms with Gasteiger partial charge >= 0.3 is 6.18 Å². The number of benzene rings is 2. The van der Waals surface area contributed by atoms with Crippen LogP contribution in [0.5, 0.6) is 0 Å². The molecule has 0 bridgehead atoms. The van der Waals surface area contributed by atoms with Crippen LogP contribution < -0.4 is 10.0 Å². The number of fused-ring (bicyclic) bond motifs is 1. The molecule has 33 heavy (non-hydrogen) atoms. The molecule has 1 atom stereocenters. The largest absolute Gasteiger partial charge is 0.416 e. The van der Waals surface area contributed by atoms with Gasteiger partial charge in [0.2, 0.25) is 11.8 Å². The second kappa shape index (κ2) is 7.69. The highest BCUT2D eigenvalue weighted by atomic mass is 32.2. The maximum absolute atomic E-state index is 12.9. The molecule has 1 saturated heterocycles. The Morgan fingerprint density at radius 1 is 0.970 bits per heavy atom. The Labute approximate surface area is 184 Å². The first-order valence-electron chi connectivity index (χ1n) is 9.44. The number of nitrogens with one attached hydrogen (secondary N) is 2. The Bertz CT molecular complexity index is 1320. The maximum Gasteiger partial charge on any atom is 0.416 e. The number of imide groups is 2. The summed E-state index contributed by atoms with van der Waals surface area (Å²) in [7, 11) is -4.45. The molecule has 2 heterocycles. The zero-order valence-electron chi connectivity index (χ0n) is 16.5. The molecule has 0 aliphatic carbocycles. The number of carbonyl (C=O) groups excluding carboxylic acids is 4. The zero-order chi connectivity index (χ0) is 24.1. The summed E-state index contributed by atoms with van der Waals surface area (Å²) in [4.78, 5) is 49.0.